The molecule has 0 aromatic heterocycles. The standard InChI is InChI=1S/C13H22BrN3O5/c1-9(2)7-11(13(18)21-3)15-6-5-10(17(19)20)8-12(14)16-22-4/h5,8-9,11,15-16H,6-7H2,1-4H3/b10-5+,12-8-. The molecule has 1 atom stereocenters. The Kier molecular flexibility index (Phi) is 10.4. The number of ether oxygens (including phenoxy) is 1. The van der Waals surface area contributed by atoms with Crippen LogP contribution < -0.4 is 10.8 Å². The molecule has 0 saturated carbocycles. The molecule has 1 unspecified atom stereocenters. The van der Waals surface area contributed by atoms with Gasteiger partial charge in [-0.2, -0.15) is 0 Å². The van der Waals surface area contributed by atoms with Crippen molar-refractivity contribution in [2.75, 3.05) is 20.8 Å². The smallest absolute Gasteiger partial charge is 0.322 e. The van der Waals surface area contributed by atoms with E-state index in [-0.39, 0.29) is 24.1 Å². The van der Waals surface area contributed by atoms with Crippen LogP contribution in [-0.4, -0.2) is 37.7 Å². The van der Waals surface area contributed by atoms with E-state index in [1.54, 1.807) is 0 Å². The number of hydroxylamine groups is 1. The molecular weight excluding hydrogens is 358 g/mol. The minimum atomic E-state index is -0.532. The molecule has 2 N–H and O–H groups in total. The zero-order chi connectivity index (χ0) is 17.1. The van der Waals surface area contributed by atoms with E-state index in [9.17, 15) is 14.9 Å². The Labute approximate surface area is 138 Å². The molecule has 126 valence electrons. The summed E-state index contributed by atoms with van der Waals surface area (Å²) in [5, 5.41) is 13.9. The van der Waals surface area contributed by atoms with Crippen molar-refractivity contribution in [3.63, 3.8) is 0 Å². The van der Waals surface area contributed by atoms with Gasteiger partial charge in [-0.3, -0.25) is 25.2 Å². The second-order valence-electron chi connectivity index (χ2n) is 4.80. The average Bonchev–Trinajstić information content (AvgIpc) is 2.43. The van der Waals surface area contributed by atoms with E-state index < -0.39 is 11.0 Å². The number of halogens is 1. The van der Waals surface area contributed by atoms with Crippen LogP contribution in [0.5, 0.6) is 0 Å². The molecule has 0 aromatic carbocycles. The van der Waals surface area contributed by atoms with Crippen LogP contribution in [0.2, 0.25) is 0 Å². The Bertz CT molecular complexity index is 437. The number of hydrogen-bond acceptors (Lipinski definition) is 7. The summed E-state index contributed by atoms with van der Waals surface area (Å²) in [5.74, 6) is -0.0990. The van der Waals surface area contributed by atoms with E-state index in [4.69, 9.17) is 4.74 Å². The lowest BCUT2D eigenvalue weighted by Gasteiger charge is -2.17. The Morgan fingerprint density at radius 3 is 2.50 bits per heavy atom. The zero-order valence-electron chi connectivity index (χ0n) is 13.1. The molecule has 0 spiro atoms. The van der Waals surface area contributed by atoms with E-state index in [0.717, 1.165) is 0 Å². The third kappa shape index (κ3) is 8.75. The number of nitrogens with one attached hydrogen (secondary N) is 2. The SMILES string of the molecule is CON/C(Br)=C\C(=C/CNC(CC(C)C)C(=O)OC)[N+](=O)[O-]. The van der Waals surface area contributed by atoms with Gasteiger partial charge in [0.1, 0.15) is 10.6 Å². The number of hydrogen-bond donors (Lipinski definition) is 2. The number of rotatable bonds is 10. The lowest BCUT2D eigenvalue weighted by Crippen LogP contribution is -2.38. The van der Waals surface area contributed by atoms with Gasteiger partial charge in [-0.05, 0) is 28.3 Å². The van der Waals surface area contributed by atoms with Crippen LogP contribution in [0, 0.1) is 16.0 Å². The highest BCUT2D eigenvalue weighted by Gasteiger charge is 2.19. The summed E-state index contributed by atoms with van der Waals surface area (Å²) in [6, 6.07) is -0.501. The molecule has 9 heteroatoms. The van der Waals surface area contributed by atoms with E-state index in [2.05, 4.69) is 31.6 Å². The first kappa shape index (κ1) is 20.6. The predicted molar refractivity (Wildman–Crippen MR) is 85.5 cm³/mol. The summed E-state index contributed by atoms with van der Waals surface area (Å²) in [4.78, 5) is 26.7. The third-order valence-corrected chi connectivity index (χ3v) is 2.94. The Hall–Kier alpha value is -1.45. The maximum absolute atomic E-state index is 11.6. The van der Waals surface area contributed by atoms with E-state index in [1.807, 2.05) is 13.8 Å². The Balaban J connectivity index is 4.82. The maximum Gasteiger partial charge on any atom is 0.322 e. The molecule has 22 heavy (non-hydrogen) atoms. The van der Waals surface area contributed by atoms with Crippen LogP contribution in [0.4, 0.5) is 0 Å². The second kappa shape index (κ2) is 11.2. The summed E-state index contributed by atoms with van der Waals surface area (Å²) in [6.07, 6.45) is 3.22. The normalized spacial score (nSPS) is 13.9. The number of esters is 1. The highest BCUT2D eigenvalue weighted by atomic mass is 79.9. The van der Waals surface area contributed by atoms with Crippen molar-refractivity contribution in [3.05, 3.63) is 32.6 Å². The third-order valence-electron chi connectivity index (χ3n) is 2.55. The van der Waals surface area contributed by atoms with Crippen LogP contribution in [0.25, 0.3) is 0 Å². The molecule has 0 bridgehead atoms. The van der Waals surface area contributed by atoms with Crippen molar-refractivity contribution in [1.29, 1.82) is 0 Å². The number of carbonyl (C=O) groups excluding carboxylic acids is 1. The quantitative estimate of drug-likeness (QED) is 0.196. The summed E-state index contributed by atoms with van der Waals surface area (Å²) < 4.78 is 5.02. The number of nitro groups is 1. The Morgan fingerprint density at radius 2 is 2.05 bits per heavy atom. The molecule has 0 heterocycles. The van der Waals surface area contributed by atoms with E-state index >= 15 is 0 Å². The van der Waals surface area contributed by atoms with Gasteiger partial charge in [-0.15, -0.1) is 0 Å². The van der Waals surface area contributed by atoms with Crippen molar-refractivity contribution in [3.8, 4) is 0 Å². The van der Waals surface area contributed by atoms with Gasteiger partial charge in [0.05, 0.1) is 19.1 Å². The first-order chi connectivity index (χ1) is 10.3. The topological polar surface area (TPSA) is 103 Å². The van der Waals surface area contributed by atoms with Crippen LogP contribution in [0.3, 0.4) is 0 Å². The van der Waals surface area contributed by atoms with Crippen molar-refractivity contribution in [2.24, 2.45) is 5.92 Å². The highest BCUT2D eigenvalue weighted by Crippen LogP contribution is 2.08. The summed E-state index contributed by atoms with van der Waals surface area (Å²) in [7, 11) is 2.70. The lowest BCUT2D eigenvalue weighted by atomic mass is 10.0. The molecular formula is C13H22BrN3O5. The minimum Gasteiger partial charge on any atom is -0.468 e. The molecule has 0 amide bonds. The fourth-order valence-corrected chi connectivity index (χ4v) is 2.02. The lowest BCUT2D eigenvalue weighted by molar-refractivity contribution is -0.419. The molecule has 0 radical (unpaired) electrons. The first-order valence-corrected chi connectivity index (χ1v) is 7.43. The maximum atomic E-state index is 11.6. The largest absolute Gasteiger partial charge is 0.468 e. The fraction of sp³-hybridized carbons (Fsp3) is 0.615. The van der Waals surface area contributed by atoms with E-state index in [0.29, 0.717) is 11.0 Å². The van der Waals surface area contributed by atoms with Crippen LogP contribution >= 0.6 is 15.9 Å². The van der Waals surface area contributed by atoms with Gasteiger partial charge in [0.2, 0.25) is 0 Å². The summed E-state index contributed by atoms with van der Waals surface area (Å²) in [6.45, 7) is 4.12. The summed E-state index contributed by atoms with van der Waals surface area (Å²) in [5.41, 5.74) is 2.28. The zero-order valence-corrected chi connectivity index (χ0v) is 14.7. The van der Waals surface area contributed by atoms with Crippen molar-refractivity contribution in [2.45, 2.75) is 26.3 Å². The van der Waals surface area contributed by atoms with Gasteiger partial charge >= 0.3 is 5.97 Å². The van der Waals surface area contributed by atoms with Gasteiger partial charge in [0.25, 0.3) is 5.70 Å². The molecule has 0 aromatic rings. The van der Waals surface area contributed by atoms with Crippen molar-refractivity contribution >= 4 is 21.9 Å². The first-order valence-electron chi connectivity index (χ1n) is 6.63. The predicted octanol–water partition coefficient (Wildman–Crippen LogP) is 1.71. The van der Waals surface area contributed by atoms with Crippen LogP contribution in [-0.2, 0) is 14.4 Å². The van der Waals surface area contributed by atoms with Crippen LogP contribution in [0.1, 0.15) is 20.3 Å². The van der Waals surface area contributed by atoms with Crippen molar-refractivity contribution < 1.29 is 19.3 Å². The van der Waals surface area contributed by atoms with Gasteiger partial charge in [-0.1, -0.05) is 13.8 Å². The monoisotopic (exact) mass is 379 g/mol. The average molecular weight is 380 g/mol. The molecule has 0 aliphatic rings. The molecule has 0 aliphatic heterocycles. The number of carbonyl (C=O) groups is 1. The molecule has 8 nitrogen and oxygen atoms in total. The van der Waals surface area contributed by atoms with Gasteiger partial charge < -0.3 is 10.1 Å². The van der Waals surface area contributed by atoms with Crippen LogP contribution in [0.15, 0.2) is 22.5 Å². The Morgan fingerprint density at radius 1 is 1.41 bits per heavy atom. The highest BCUT2D eigenvalue weighted by molar-refractivity contribution is 9.11. The summed E-state index contributed by atoms with van der Waals surface area (Å²) >= 11 is 3.08. The molecule has 0 fully saturated rings. The number of allylic oxidation sites excluding steroid dienone is 1. The molecule has 0 aliphatic carbocycles. The second-order valence-corrected chi connectivity index (χ2v) is 5.65. The minimum absolute atomic E-state index is 0.142. The van der Waals surface area contributed by atoms with E-state index in [1.165, 1.54) is 26.4 Å². The number of nitrogens with zero attached hydrogens (tertiary/aromatic N) is 1. The van der Waals surface area contributed by atoms with Gasteiger partial charge in [0.15, 0.2) is 0 Å². The molecule has 0 rings (SSSR count). The molecule has 0 saturated heterocycles. The van der Waals surface area contributed by atoms with Crippen molar-refractivity contribution in [1.82, 2.24) is 10.8 Å². The fourth-order valence-electron chi connectivity index (χ4n) is 1.63. The van der Waals surface area contributed by atoms with Gasteiger partial charge in [-0.25, -0.2) is 0 Å². The number of methoxy groups -OCH3 is 1. The van der Waals surface area contributed by atoms with Gasteiger partial charge in [0, 0.05) is 18.7 Å².